The number of cyclic esters (lactones) is 1. The minimum atomic E-state index is -0.881. The van der Waals surface area contributed by atoms with Crippen molar-refractivity contribution in [3.63, 3.8) is 0 Å². The van der Waals surface area contributed by atoms with Gasteiger partial charge in [-0.25, -0.2) is 0 Å². The minimum absolute atomic E-state index is 0.0892. The van der Waals surface area contributed by atoms with Gasteiger partial charge in [-0.05, 0) is 68.8 Å². The first-order valence-electron chi connectivity index (χ1n) is 17.8. The molecular weight excluding hydrogens is 598 g/mol. The molecule has 10 nitrogen and oxygen atoms in total. The summed E-state index contributed by atoms with van der Waals surface area (Å²) in [5.41, 5.74) is 0.294. The van der Waals surface area contributed by atoms with Gasteiger partial charge in [0.15, 0.2) is 0 Å². The zero-order valence-electron chi connectivity index (χ0n) is 29.3. The first-order chi connectivity index (χ1) is 22.4. The summed E-state index contributed by atoms with van der Waals surface area (Å²) >= 11 is 0. The monoisotopic (exact) mass is 657 g/mol. The van der Waals surface area contributed by atoms with Crippen LogP contribution in [0.2, 0.25) is 0 Å². The maximum atomic E-state index is 13.3. The predicted molar refractivity (Wildman–Crippen MR) is 180 cm³/mol. The smallest absolute Gasteiger partial charge is 0.309 e. The molecule has 1 saturated heterocycles. The van der Waals surface area contributed by atoms with Gasteiger partial charge in [0.25, 0.3) is 0 Å². The molecule has 10 heteroatoms. The number of allylic oxidation sites excluding steroid dienone is 2. The topological polar surface area (TPSA) is 140 Å². The van der Waals surface area contributed by atoms with Crippen LogP contribution >= 0.6 is 0 Å². The third-order valence-electron chi connectivity index (χ3n) is 10.3. The second-order valence-electron chi connectivity index (χ2n) is 14.7. The van der Waals surface area contributed by atoms with Crippen LogP contribution in [0.5, 0.6) is 0 Å². The minimum Gasteiger partial charge on any atom is -0.464 e. The van der Waals surface area contributed by atoms with Gasteiger partial charge in [0.1, 0.15) is 18.5 Å². The van der Waals surface area contributed by atoms with Crippen molar-refractivity contribution >= 4 is 17.7 Å². The zero-order valence-corrected chi connectivity index (χ0v) is 29.3. The largest absolute Gasteiger partial charge is 0.464 e. The van der Waals surface area contributed by atoms with Crippen molar-refractivity contribution in [1.29, 1.82) is 5.26 Å². The average molecular weight is 658 g/mol. The molecule has 0 bridgehead atoms. The highest BCUT2D eigenvalue weighted by Gasteiger charge is 2.41. The molecule has 0 amide bonds. The number of carbonyl (C=O) groups is 3. The second-order valence-corrected chi connectivity index (χ2v) is 14.7. The van der Waals surface area contributed by atoms with Crippen LogP contribution in [0.4, 0.5) is 0 Å². The van der Waals surface area contributed by atoms with E-state index in [1.807, 2.05) is 19.9 Å². The number of aliphatic hydroxyl groups excluding tert-OH is 2. The molecule has 0 spiro atoms. The van der Waals surface area contributed by atoms with E-state index >= 15 is 0 Å². The van der Waals surface area contributed by atoms with E-state index in [1.165, 1.54) is 0 Å². The van der Waals surface area contributed by atoms with Crippen LogP contribution < -0.4 is 0 Å². The van der Waals surface area contributed by atoms with Crippen molar-refractivity contribution in [2.24, 2.45) is 35.5 Å². The number of ketones is 1. The Hall–Kier alpha value is -2.58. The average Bonchev–Trinajstić information content (AvgIpc) is 3.50. The van der Waals surface area contributed by atoms with Gasteiger partial charge in [-0.2, -0.15) is 5.26 Å². The van der Waals surface area contributed by atoms with Crippen LogP contribution in [0.3, 0.4) is 0 Å². The number of hydrogen-bond acceptors (Lipinski definition) is 10. The quantitative estimate of drug-likeness (QED) is 0.381. The Labute approximate surface area is 282 Å². The van der Waals surface area contributed by atoms with Crippen molar-refractivity contribution < 1.29 is 34.1 Å². The fourth-order valence-electron chi connectivity index (χ4n) is 7.82. The molecule has 9 atom stereocenters. The van der Waals surface area contributed by atoms with E-state index in [0.29, 0.717) is 49.8 Å². The molecule has 2 aliphatic heterocycles. The highest BCUT2D eigenvalue weighted by molar-refractivity contribution is 5.77. The van der Waals surface area contributed by atoms with E-state index < -0.39 is 30.2 Å². The molecule has 0 unspecified atom stereocenters. The SMILES string of the molecule is CC(=O)CN1CCN(CCOC(=O)[C@@H]2CCC[C@H]2[C@@H]2C/C=C/C=C(/C#N)[C@H](O)[C@@H](C)C[C@H](C)C[C@H](C)C[C@H](C)[C@@H](O)CC(=O)O2)CC1. The number of piperazine rings is 1. The number of carbonyl (C=O) groups excluding carboxylic acids is 3. The normalized spacial score (nSPS) is 36.2. The number of ether oxygens (including phenoxy) is 2. The lowest BCUT2D eigenvalue weighted by Crippen LogP contribution is -2.48. The number of nitrogens with zero attached hydrogens (tertiary/aromatic N) is 3. The Bertz CT molecular complexity index is 1130. The highest BCUT2D eigenvalue weighted by Crippen LogP contribution is 2.38. The summed E-state index contributed by atoms with van der Waals surface area (Å²) in [5, 5.41) is 31.6. The first kappa shape index (κ1) is 38.9. The van der Waals surface area contributed by atoms with E-state index in [0.717, 1.165) is 51.9 Å². The summed E-state index contributed by atoms with van der Waals surface area (Å²) in [6.45, 7) is 14.5. The Morgan fingerprint density at radius 1 is 1.00 bits per heavy atom. The molecule has 0 aromatic heterocycles. The van der Waals surface area contributed by atoms with Gasteiger partial charge >= 0.3 is 11.9 Å². The third-order valence-corrected chi connectivity index (χ3v) is 10.3. The molecule has 0 radical (unpaired) electrons. The van der Waals surface area contributed by atoms with Gasteiger partial charge in [-0.3, -0.25) is 24.2 Å². The Morgan fingerprint density at radius 2 is 1.66 bits per heavy atom. The first-order valence-corrected chi connectivity index (χ1v) is 17.8. The van der Waals surface area contributed by atoms with Crippen LogP contribution in [-0.2, 0) is 23.9 Å². The fraction of sp³-hybridized carbons (Fsp3) is 0.784. The maximum Gasteiger partial charge on any atom is 0.309 e. The van der Waals surface area contributed by atoms with E-state index in [4.69, 9.17) is 9.47 Å². The number of nitriles is 1. The van der Waals surface area contributed by atoms with Crippen LogP contribution in [0.25, 0.3) is 0 Å². The highest BCUT2D eigenvalue weighted by atomic mass is 16.5. The summed E-state index contributed by atoms with van der Waals surface area (Å²) in [6, 6.07) is 2.15. The van der Waals surface area contributed by atoms with Crippen molar-refractivity contribution in [1.82, 2.24) is 9.80 Å². The summed E-state index contributed by atoms with van der Waals surface area (Å²) in [4.78, 5) is 42.3. The number of hydrogen-bond donors (Lipinski definition) is 2. The van der Waals surface area contributed by atoms with Gasteiger partial charge in [0.2, 0.25) is 0 Å². The molecule has 2 fully saturated rings. The van der Waals surface area contributed by atoms with Crippen LogP contribution in [-0.4, -0.2) is 102 Å². The van der Waals surface area contributed by atoms with E-state index in [2.05, 4.69) is 29.7 Å². The number of rotatable bonds is 7. The van der Waals surface area contributed by atoms with Crippen LogP contribution in [0.15, 0.2) is 23.8 Å². The summed E-state index contributed by atoms with van der Waals surface area (Å²) in [7, 11) is 0. The summed E-state index contributed by atoms with van der Waals surface area (Å²) < 4.78 is 11.8. The molecule has 3 rings (SSSR count). The number of Topliss-reactive ketones (excluding diaryl/α,β-unsaturated/α-hetero) is 1. The second kappa shape index (κ2) is 19.4. The zero-order chi connectivity index (χ0) is 34.5. The Kier molecular flexibility index (Phi) is 16.1. The predicted octanol–water partition coefficient (Wildman–Crippen LogP) is 4.30. The van der Waals surface area contributed by atoms with E-state index in [9.17, 15) is 29.9 Å². The van der Waals surface area contributed by atoms with E-state index in [-0.39, 0.29) is 42.5 Å². The van der Waals surface area contributed by atoms with Crippen molar-refractivity contribution in [3.05, 3.63) is 23.8 Å². The van der Waals surface area contributed by atoms with E-state index in [1.54, 1.807) is 19.1 Å². The molecule has 3 aliphatic rings. The molecule has 0 aromatic rings. The van der Waals surface area contributed by atoms with Gasteiger partial charge in [0.05, 0.1) is 42.7 Å². The summed E-state index contributed by atoms with van der Waals surface area (Å²) in [6.07, 6.45) is 7.76. The molecule has 2 N–H and O–H groups in total. The number of esters is 2. The molecule has 264 valence electrons. The Morgan fingerprint density at radius 3 is 2.32 bits per heavy atom. The molecule has 1 saturated carbocycles. The lowest BCUT2D eigenvalue weighted by Gasteiger charge is -2.34. The standard InChI is InChI=1S/C37H59N3O7/c1-25-19-26(2)21-28(4)36(44)30(23-38)9-6-7-12-34(47-35(43)22-33(42)27(3)20-25)31-10-8-11-32(31)37(45)46-18-17-39-13-15-40(16-14-39)24-29(5)41/h6-7,9,25-28,31-34,36,42,44H,8,10-22,24H2,1-5H3/b7-6+,30-9-/t25-,26+,27-,28-,31+,32+,33-,34-,36+/m0/s1. The van der Waals surface area contributed by atoms with Crippen molar-refractivity contribution in [2.45, 2.75) is 104 Å². The van der Waals surface area contributed by atoms with Gasteiger partial charge in [-0.1, -0.05) is 46.3 Å². The molecule has 47 heavy (non-hydrogen) atoms. The molecule has 1 aliphatic carbocycles. The Balaban J connectivity index is 1.69. The molecule has 2 heterocycles. The molecular formula is C37H59N3O7. The third kappa shape index (κ3) is 12.8. The number of aliphatic hydroxyl groups is 2. The van der Waals surface area contributed by atoms with Crippen molar-refractivity contribution in [2.75, 3.05) is 45.9 Å². The van der Waals surface area contributed by atoms with Gasteiger partial charge in [-0.15, -0.1) is 0 Å². The molecule has 0 aromatic carbocycles. The van der Waals surface area contributed by atoms with Gasteiger partial charge < -0.3 is 19.7 Å². The maximum absolute atomic E-state index is 13.3. The lowest BCUT2D eigenvalue weighted by atomic mass is 9.82. The van der Waals surface area contributed by atoms with Crippen LogP contribution in [0.1, 0.15) is 86.0 Å². The summed E-state index contributed by atoms with van der Waals surface area (Å²) in [5.74, 6) is -0.748. The van der Waals surface area contributed by atoms with Crippen LogP contribution in [0, 0.1) is 46.8 Å². The van der Waals surface area contributed by atoms with Gasteiger partial charge in [0, 0.05) is 45.1 Å². The lowest BCUT2D eigenvalue weighted by molar-refractivity contribution is -0.161. The van der Waals surface area contributed by atoms with Crippen molar-refractivity contribution in [3.8, 4) is 6.07 Å². The fourth-order valence-corrected chi connectivity index (χ4v) is 7.82.